The molecule has 2 aromatic carbocycles. The van der Waals surface area contributed by atoms with Crippen LogP contribution in [-0.4, -0.2) is 20.6 Å². The number of rotatable bonds is 5. The van der Waals surface area contributed by atoms with E-state index in [1.807, 2.05) is 4.57 Å². The van der Waals surface area contributed by atoms with Gasteiger partial charge in [0.2, 0.25) is 17.5 Å². The maximum absolute atomic E-state index is 14.1. The number of imidazole rings is 1. The molecular formula is C22H20F2N4O2. The average molecular weight is 410 g/mol. The number of aliphatic hydroxyl groups is 1. The SMILES string of the molecule is [C-]#[N+]c1cc2c(cc1F)nc(NC(=O)C[C@](C)(O)c1ccccc1F)n2C1CCC1. The van der Waals surface area contributed by atoms with E-state index in [1.54, 1.807) is 6.07 Å². The van der Waals surface area contributed by atoms with Crippen LogP contribution in [0.15, 0.2) is 36.4 Å². The number of halogens is 2. The van der Waals surface area contributed by atoms with Crippen LogP contribution in [0.1, 0.15) is 44.2 Å². The van der Waals surface area contributed by atoms with Gasteiger partial charge in [-0.1, -0.05) is 18.2 Å². The van der Waals surface area contributed by atoms with E-state index >= 15 is 0 Å². The third kappa shape index (κ3) is 3.53. The zero-order chi connectivity index (χ0) is 21.5. The molecule has 3 aromatic rings. The number of hydrogen-bond donors (Lipinski definition) is 2. The van der Waals surface area contributed by atoms with E-state index in [0.29, 0.717) is 11.0 Å². The highest BCUT2D eigenvalue weighted by molar-refractivity contribution is 5.93. The molecule has 1 fully saturated rings. The van der Waals surface area contributed by atoms with Crippen LogP contribution in [0.3, 0.4) is 0 Å². The van der Waals surface area contributed by atoms with Crippen LogP contribution in [0.2, 0.25) is 0 Å². The molecule has 0 radical (unpaired) electrons. The van der Waals surface area contributed by atoms with E-state index in [-0.39, 0.29) is 29.7 Å². The number of carbonyl (C=O) groups is 1. The number of carbonyl (C=O) groups excluding carboxylic acids is 1. The fourth-order valence-corrected chi connectivity index (χ4v) is 3.77. The number of hydrogen-bond acceptors (Lipinski definition) is 3. The van der Waals surface area contributed by atoms with Gasteiger partial charge in [-0.05, 0) is 44.4 Å². The Labute approximate surface area is 172 Å². The van der Waals surface area contributed by atoms with Crippen LogP contribution in [0.25, 0.3) is 15.9 Å². The van der Waals surface area contributed by atoms with Crippen molar-refractivity contribution in [2.45, 2.75) is 44.2 Å². The minimum absolute atomic E-state index is 0.0245. The van der Waals surface area contributed by atoms with Gasteiger partial charge in [0.05, 0.1) is 29.6 Å². The summed E-state index contributed by atoms with van der Waals surface area (Å²) in [5.41, 5.74) is -0.891. The highest BCUT2D eigenvalue weighted by Crippen LogP contribution is 2.39. The van der Waals surface area contributed by atoms with E-state index in [4.69, 9.17) is 6.57 Å². The third-order valence-corrected chi connectivity index (χ3v) is 5.53. The molecule has 0 spiro atoms. The molecule has 2 N–H and O–H groups in total. The Morgan fingerprint density at radius 2 is 2.07 bits per heavy atom. The van der Waals surface area contributed by atoms with Gasteiger partial charge in [0.1, 0.15) is 11.6 Å². The van der Waals surface area contributed by atoms with Crippen molar-refractivity contribution in [2.24, 2.45) is 0 Å². The molecule has 0 aliphatic heterocycles. The molecule has 1 aliphatic carbocycles. The molecule has 154 valence electrons. The summed E-state index contributed by atoms with van der Waals surface area (Å²) in [6.45, 7) is 8.51. The second-order valence-corrected chi connectivity index (χ2v) is 7.77. The zero-order valence-electron chi connectivity index (χ0n) is 16.3. The Balaban J connectivity index is 1.65. The Bertz CT molecular complexity index is 1180. The predicted molar refractivity (Wildman–Crippen MR) is 108 cm³/mol. The van der Waals surface area contributed by atoms with Gasteiger partial charge in [0.25, 0.3) is 0 Å². The number of nitrogens with one attached hydrogen (secondary N) is 1. The van der Waals surface area contributed by atoms with Gasteiger partial charge in [0, 0.05) is 11.6 Å². The van der Waals surface area contributed by atoms with Crippen molar-refractivity contribution in [3.05, 3.63) is 65.0 Å². The van der Waals surface area contributed by atoms with E-state index < -0.39 is 23.1 Å². The lowest BCUT2D eigenvalue weighted by Gasteiger charge is -2.29. The third-order valence-electron chi connectivity index (χ3n) is 5.53. The lowest BCUT2D eigenvalue weighted by Crippen LogP contribution is -2.30. The molecular weight excluding hydrogens is 390 g/mol. The number of anilines is 1. The Kier molecular flexibility index (Phi) is 5.00. The van der Waals surface area contributed by atoms with Crippen molar-refractivity contribution >= 4 is 28.6 Å². The van der Waals surface area contributed by atoms with Crippen LogP contribution in [0.5, 0.6) is 0 Å². The summed E-state index contributed by atoms with van der Waals surface area (Å²) >= 11 is 0. The Hall–Kier alpha value is -3.31. The monoisotopic (exact) mass is 410 g/mol. The number of benzene rings is 2. The van der Waals surface area contributed by atoms with Gasteiger partial charge < -0.3 is 9.67 Å². The molecule has 1 atom stereocenters. The fraction of sp³-hybridized carbons (Fsp3) is 0.318. The maximum Gasteiger partial charge on any atom is 0.229 e. The first-order valence-corrected chi connectivity index (χ1v) is 9.66. The highest BCUT2D eigenvalue weighted by atomic mass is 19.1. The van der Waals surface area contributed by atoms with Gasteiger partial charge in [-0.15, -0.1) is 0 Å². The van der Waals surface area contributed by atoms with Gasteiger partial charge in [-0.3, -0.25) is 10.1 Å². The summed E-state index contributed by atoms with van der Waals surface area (Å²) in [6, 6.07) is 8.46. The summed E-state index contributed by atoms with van der Waals surface area (Å²) in [4.78, 5) is 20.2. The largest absolute Gasteiger partial charge is 0.385 e. The summed E-state index contributed by atoms with van der Waals surface area (Å²) in [7, 11) is 0. The number of nitrogens with zero attached hydrogens (tertiary/aromatic N) is 3. The molecule has 0 bridgehead atoms. The van der Waals surface area contributed by atoms with Gasteiger partial charge in [-0.25, -0.2) is 18.6 Å². The first-order valence-electron chi connectivity index (χ1n) is 9.66. The molecule has 1 aromatic heterocycles. The van der Waals surface area contributed by atoms with Crippen LogP contribution in [-0.2, 0) is 10.4 Å². The fourth-order valence-electron chi connectivity index (χ4n) is 3.77. The van der Waals surface area contributed by atoms with Crippen molar-refractivity contribution in [2.75, 3.05) is 5.32 Å². The van der Waals surface area contributed by atoms with E-state index in [9.17, 15) is 18.7 Å². The summed E-state index contributed by atoms with van der Waals surface area (Å²) < 4.78 is 29.9. The number of fused-ring (bicyclic) bond motifs is 1. The van der Waals surface area contributed by atoms with E-state index in [0.717, 1.165) is 19.3 Å². The molecule has 8 heteroatoms. The molecule has 1 saturated carbocycles. The molecule has 0 unspecified atom stereocenters. The van der Waals surface area contributed by atoms with Crippen molar-refractivity contribution in [3.8, 4) is 0 Å². The summed E-state index contributed by atoms with van der Waals surface area (Å²) in [6.07, 6.45) is 2.40. The summed E-state index contributed by atoms with van der Waals surface area (Å²) in [5.74, 6) is -1.59. The number of amides is 1. The van der Waals surface area contributed by atoms with Crippen molar-refractivity contribution in [3.63, 3.8) is 0 Å². The quantitative estimate of drug-likeness (QED) is 0.592. The first-order chi connectivity index (χ1) is 14.3. The molecule has 30 heavy (non-hydrogen) atoms. The molecule has 1 aliphatic rings. The molecule has 6 nitrogen and oxygen atoms in total. The first kappa shape index (κ1) is 20.0. The van der Waals surface area contributed by atoms with Crippen molar-refractivity contribution in [1.82, 2.24) is 9.55 Å². The van der Waals surface area contributed by atoms with E-state index in [1.165, 1.54) is 37.3 Å². The lowest BCUT2D eigenvalue weighted by molar-refractivity contribution is -0.120. The van der Waals surface area contributed by atoms with Gasteiger partial charge >= 0.3 is 0 Å². The minimum Gasteiger partial charge on any atom is -0.385 e. The summed E-state index contributed by atoms with van der Waals surface area (Å²) in [5, 5.41) is 13.4. The molecule has 1 heterocycles. The van der Waals surface area contributed by atoms with Gasteiger partial charge in [0.15, 0.2) is 0 Å². The Morgan fingerprint density at radius 1 is 1.33 bits per heavy atom. The van der Waals surface area contributed by atoms with Crippen LogP contribution < -0.4 is 5.32 Å². The van der Waals surface area contributed by atoms with Crippen LogP contribution >= 0.6 is 0 Å². The van der Waals surface area contributed by atoms with Crippen LogP contribution in [0, 0.1) is 18.2 Å². The van der Waals surface area contributed by atoms with Crippen LogP contribution in [0.4, 0.5) is 20.4 Å². The lowest BCUT2D eigenvalue weighted by atomic mass is 9.91. The average Bonchev–Trinajstić information content (AvgIpc) is 2.95. The second kappa shape index (κ2) is 7.50. The number of aromatic nitrogens is 2. The maximum atomic E-state index is 14.1. The normalized spacial score (nSPS) is 16.0. The molecule has 0 saturated heterocycles. The van der Waals surface area contributed by atoms with Gasteiger partial charge in [-0.2, -0.15) is 0 Å². The van der Waals surface area contributed by atoms with Crippen molar-refractivity contribution < 1.29 is 18.7 Å². The molecule has 4 rings (SSSR count). The van der Waals surface area contributed by atoms with Crippen molar-refractivity contribution in [1.29, 1.82) is 0 Å². The highest BCUT2D eigenvalue weighted by Gasteiger charge is 2.31. The standard InChI is InChI=1S/C22H20F2N4O2/c1-22(30,14-8-3-4-9-15(14)23)12-20(29)27-21-26-18-10-16(24)17(25-2)11-19(18)28(21)13-6-5-7-13/h3-4,8-11,13,30H,5-7,12H2,1H3,(H,26,27,29)/t22-/m0/s1. The topological polar surface area (TPSA) is 71.5 Å². The zero-order valence-corrected chi connectivity index (χ0v) is 16.3. The minimum atomic E-state index is -1.72. The van der Waals surface area contributed by atoms with E-state index in [2.05, 4.69) is 15.1 Å². The predicted octanol–water partition coefficient (Wildman–Crippen LogP) is 4.83. The molecule has 1 amide bonds. The smallest absolute Gasteiger partial charge is 0.229 e. The Morgan fingerprint density at radius 3 is 2.70 bits per heavy atom. The second-order valence-electron chi connectivity index (χ2n) is 7.77.